The maximum Gasteiger partial charge on any atom is 0.296 e. The Morgan fingerprint density at radius 3 is 2.51 bits per heavy atom. The van der Waals surface area contributed by atoms with Crippen molar-refractivity contribution in [1.82, 2.24) is 10.2 Å². The largest absolute Gasteiger partial charge is 0.503 e. The molecule has 1 aliphatic heterocycles. The van der Waals surface area contributed by atoms with Gasteiger partial charge in [0, 0.05) is 5.75 Å². The topological polar surface area (TPSA) is 96.5 Å². The van der Waals surface area contributed by atoms with Crippen LogP contribution in [0.3, 0.4) is 0 Å². The maximum atomic E-state index is 13.4. The van der Waals surface area contributed by atoms with E-state index in [4.69, 9.17) is 27.6 Å². The normalized spacial score (nSPS) is 15.6. The summed E-state index contributed by atoms with van der Waals surface area (Å²) in [5, 5.41) is 20.1. The molecule has 1 N–H and O–H groups in total. The Bertz CT molecular complexity index is 1550. The standard InChI is InChI=1S/C26H19Cl2N3O4S2/c1-13-3-6-15(7-4-13)12-36-26-30-29-25(37-26)31-21(16-8-9-17(27)18(28)11-16)20(23(33)24(31)34)22(32)19-10-5-14(2)35-19/h3-11,21,33H,12H2,1-2H3. The molecule has 0 spiro atoms. The van der Waals surface area contributed by atoms with Crippen molar-refractivity contribution in [3.8, 4) is 0 Å². The molecule has 1 aliphatic rings. The summed E-state index contributed by atoms with van der Waals surface area (Å²) in [6.07, 6.45) is 0. The molecule has 7 nitrogen and oxygen atoms in total. The van der Waals surface area contributed by atoms with Crippen LogP contribution < -0.4 is 4.90 Å². The number of Topliss-reactive ketones (excluding diaryl/α,β-unsaturated/α-hetero) is 1. The first kappa shape index (κ1) is 25.5. The van der Waals surface area contributed by atoms with Crippen LogP contribution >= 0.6 is 46.3 Å². The van der Waals surface area contributed by atoms with Gasteiger partial charge in [-0.3, -0.25) is 14.5 Å². The van der Waals surface area contributed by atoms with Gasteiger partial charge in [-0.1, -0.05) is 82.2 Å². The summed E-state index contributed by atoms with van der Waals surface area (Å²) in [4.78, 5) is 28.0. The van der Waals surface area contributed by atoms with E-state index < -0.39 is 23.5 Å². The molecule has 2 aromatic carbocycles. The quantitative estimate of drug-likeness (QED) is 0.143. The number of aromatic nitrogens is 2. The summed E-state index contributed by atoms with van der Waals surface area (Å²) >= 11 is 15.1. The number of ketones is 1. The molecule has 1 amide bonds. The van der Waals surface area contributed by atoms with Gasteiger partial charge in [-0.2, -0.15) is 0 Å². The number of furan rings is 1. The monoisotopic (exact) mass is 571 g/mol. The number of halogens is 2. The number of rotatable bonds is 7. The number of carbonyl (C=O) groups excluding carboxylic acids is 2. The van der Waals surface area contributed by atoms with Crippen molar-refractivity contribution in [3.05, 3.63) is 104 Å². The van der Waals surface area contributed by atoms with E-state index >= 15 is 0 Å². The third kappa shape index (κ3) is 5.04. The lowest BCUT2D eigenvalue weighted by atomic mass is 9.95. The summed E-state index contributed by atoms with van der Waals surface area (Å²) in [6, 6.07) is 15.1. The molecule has 0 bridgehead atoms. The second-order valence-corrected chi connectivity index (χ2v) is 11.4. The molecule has 37 heavy (non-hydrogen) atoms. The van der Waals surface area contributed by atoms with Gasteiger partial charge in [0.25, 0.3) is 5.91 Å². The molecule has 0 radical (unpaired) electrons. The molecule has 0 fully saturated rings. The summed E-state index contributed by atoms with van der Waals surface area (Å²) in [5.74, 6) is -0.867. The summed E-state index contributed by atoms with van der Waals surface area (Å²) in [5.41, 5.74) is 2.64. The van der Waals surface area contributed by atoms with E-state index in [0.717, 1.165) is 5.56 Å². The average molecular weight is 572 g/mol. The van der Waals surface area contributed by atoms with E-state index in [1.165, 1.54) is 39.6 Å². The lowest BCUT2D eigenvalue weighted by molar-refractivity contribution is -0.117. The number of benzene rings is 2. The van der Waals surface area contributed by atoms with Crippen LogP contribution in [0, 0.1) is 13.8 Å². The van der Waals surface area contributed by atoms with Gasteiger partial charge in [0.05, 0.1) is 21.7 Å². The molecule has 1 atom stereocenters. The number of aliphatic hydroxyl groups excluding tert-OH is 1. The predicted octanol–water partition coefficient (Wildman–Crippen LogP) is 7.13. The van der Waals surface area contributed by atoms with Crippen molar-refractivity contribution in [2.45, 2.75) is 30.0 Å². The summed E-state index contributed by atoms with van der Waals surface area (Å²) in [6.45, 7) is 3.73. The van der Waals surface area contributed by atoms with Crippen LogP contribution in [0.15, 0.2) is 74.7 Å². The lowest BCUT2D eigenvalue weighted by Gasteiger charge is -2.24. The lowest BCUT2D eigenvalue weighted by Crippen LogP contribution is -2.31. The van der Waals surface area contributed by atoms with Gasteiger partial charge >= 0.3 is 0 Å². The van der Waals surface area contributed by atoms with E-state index in [1.807, 2.05) is 31.2 Å². The third-order valence-electron chi connectivity index (χ3n) is 5.76. The highest BCUT2D eigenvalue weighted by Gasteiger charge is 2.46. The van der Waals surface area contributed by atoms with Crippen LogP contribution in [0.4, 0.5) is 5.13 Å². The van der Waals surface area contributed by atoms with Crippen LogP contribution in [0.2, 0.25) is 10.0 Å². The van der Waals surface area contributed by atoms with Gasteiger partial charge in [-0.15, -0.1) is 10.2 Å². The Labute approximate surface area is 230 Å². The number of hydrogen-bond acceptors (Lipinski definition) is 8. The van der Waals surface area contributed by atoms with Crippen molar-refractivity contribution in [2.75, 3.05) is 4.90 Å². The molecular weight excluding hydrogens is 553 g/mol. The third-order valence-corrected chi connectivity index (χ3v) is 8.63. The molecule has 2 aromatic heterocycles. The second-order valence-electron chi connectivity index (χ2n) is 8.38. The molecule has 188 valence electrons. The summed E-state index contributed by atoms with van der Waals surface area (Å²) < 4.78 is 6.13. The van der Waals surface area contributed by atoms with Gasteiger partial charge in [0.1, 0.15) is 5.76 Å². The fraction of sp³-hybridized carbons (Fsp3) is 0.154. The minimum atomic E-state index is -1.01. The first-order valence-corrected chi connectivity index (χ1v) is 13.6. The molecule has 3 heterocycles. The number of aryl methyl sites for hydroxylation is 2. The second kappa shape index (κ2) is 10.3. The Kier molecular flexibility index (Phi) is 7.13. The zero-order valence-electron chi connectivity index (χ0n) is 19.6. The molecule has 0 aliphatic carbocycles. The average Bonchev–Trinajstić information content (AvgIpc) is 3.59. The Morgan fingerprint density at radius 2 is 1.84 bits per heavy atom. The zero-order chi connectivity index (χ0) is 26.3. The van der Waals surface area contributed by atoms with Crippen LogP contribution in [0.5, 0.6) is 0 Å². The van der Waals surface area contributed by atoms with Crippen molar-refractivity contribution >= 4 is 63.1 Å². The Morgan fingerprint density at radius 1 is 1.08 bits per heavy atom. The summed E-state index contributed by atoms with van der Waals surface area (Å²) in [7, 11) is 0. The first-order valence-electron chi connectivity index (χ1n) is 11.1. The molecule has 5 rings (SSSR count). The van der Waals surface area contributed by atoms with Crippen LogP contribution in [-0.4, -0.2) is 27.0 Å². The van der Waals surface area contributed by atoms with E-state index in [0.29, 0.717) is 26.4 Å². The van der Waals surface area contributed by atoms with Crippen molar-refractivity contribution in [2.24, 2.45) is 0 Å². The number of hydrogen-bond donors (Lipinski definition) is 1. The van der Waals surface area contributed by atoms with Crippen molar-refractivity contribution < 1.29 is 19.1 Å². The first-order chi connectivity index (χ1) is 17.7. The molecule has 4 aromatic rings. The van der Waals surface area contributed by atoms with Crippen LogP contribution in [0.25, 0.3) is 0 Å². The van der Waals surface area contributed by atoms with E-state index in [9.17, 15) is 14.7 Å². The van der Waals surface area contributed by atoms with E-state index in [2.05, 4.69) is 10.2 Å². The maximum absolute atomic E-state index is 13.4. The van der Waals surface area contributed by atoms with Crippen LogP contribution in [-0.2, 0) is 10.5 Å². The van der Waals surface area contributed by atoms with E-state index in [-0.39, 0.29) is 21.5 Å². The number of thioether (sulfide) groups is 1. The molecule has 0 saturated carbocycles. The van der Waals surface area contributed by atoms with E-state index in [1.54, 1.807) is 31.2 Å². The van der Waals surface area contributed by atoms with Gasteiger partial charge in [0.15, 0.2) is 15.9 Å². The number of nitrogens with zero attached hydrogens (tertiary/aromatic N) is 3. The zero-order valence-corrected chi connectivity index (χ0v) is 22.7. The number of carbonyl (C=O) groups is 2. The van der Waals surface area contributed by atoms with Crippen molar-refractivity contribution in [1.29, 1.82) is 0 Å². The Hall–Kier alpha value is -3.11. The van der Waals surface area contributed by atoms with Gasteiger partial charge in [0.2, 0.25) is 10.9 Å². The highest BCUT2D eigenvalue weighted by atomic mass is 35.5. The number of amides is 1. The smallest absolute Gasteiger partial charge is 0.296 e. The molecule has 11 heteroatoms. The van der Waals surface area contributed by atoms with Gasteiger partial charge < -0.3 is 9.52 Å². The minimum Gasteiger partial charge on any atom is -0.503 e. The predicted molar refractivity (Wildman–Crippen MR) is 145 cm³/mol. The fourth-order valence-electron chi connectivity index (χ4n) is 3.91. The Balaban J connectivity index is 1.51. The fourth-order valence-corrected chi connectivity index (χ4v) is 6.04. The van der Waals surface area contributed by atoms with Gasteiger partial charge in [-0.25, -0.2) is 0 Å². The number of aliphatic hydroxyl groups is 1. The molecule has 1 unspecified atom stereocenters. The highest BCUT2D eigenvalue weighted by Crippen LogP contribution is 2.45. The molecular formula is C26H19Cl2N3O4S2. The van der Waals surface area contributed by atoms with Gasteiger partial charge in [-0.05, 0) is 49.2 Å². The highest BCUT2D eigenvalue weighted by molar-refractivity contribution is 8.00. The number of anilines is 1. The SMILES string of the molecule is Cc1ccc(CSc2nnc(N3C(=O)C(O)=C(C(=O)c4ccc(C)o4)C3c3ccc(Cl)c(Cl)c3)s2)cc1. The van der Waals surface area contributed by atoms with Crippen LogP contribution in [0.1, 0.15) is 39.0 Å². The molecule has 0 saturated heterocycles. The van der Waals surface area contributed by atoms with Crippen molar-refractivity contribution in [3.63, 3.8) is 0 Å². The minimum absolute atomic E-state index is 0.00497.